The lowest BCUT2D eigenvalue weighted by atomic mass is 9.84. The number of nitrogens with zero attached hydrogens (tertiary/aromatic N) is 1. The molecule has 1 heterocycles. The first-order chi connectivity index (χ1) is 8.22. The number of carbonyl (C=O) groups excluding carboxylic acids is 1. The average Bonchev–Trinajstić information content (AvgIpc) is 2.76. The number of thiazole rings is 1. The van der Waals surface area contributed by atoms with Crippen molar-refractivity contribution in [2.75, 3.05) is 6.54 Å². The van der Waals surface area contributed by atoms with Crippen molar-refractivity contribution in [3.8, 4) is 0 Å². The first-order valence-electron chi connectivity index (χ1n) is 6.13. The summed E-state index contributed by atoms with van der Waals surface area (Å²) in [6.07, 6.45) is 4.59. The van der Waals surface area contributed by atoms with Crippen LogP contribution in [0.15, 0.2) is 5.51 Å². The van der Waals surface area contributed by atoms with Gasteiger partial charge in [0.25, 0.3) is 5.91 Å². The molecule has 0 bridgehead atoms. The van der Waals surface area contributed by atoms with Gasteiger partial charge in [0.15, 0.2) is 0 Å². The highest BCUT2D eigenvalue weighted by Crippen LogP contribution is 2.24. The van der Waals surface area contributed by atoms with E-state index in [1.165, 1.54) is 24.2 Å². The van der Waals surface area contributed by atoms with Gasteiger partial charge in [-0.15, -0.1) is 11.3 Å². The van der Waals surface area contributed by atoms with Gasteiger partial charge in [-0.1, -0.05) is 12.8 Å². The summed E-state index contributed by atoms with van der Waals surface area (Å²) in [5.74, 6) is 0.441. The van der Waals surface area contributed by atoms with Crippen LogP contribution in [0.4, 0.5) is 0 Å². The lowest BCUT2D eigenvalue weighted by Gasteiger charge is -2.31. The minimum Gasteiger partial charge on any atom is -0.348 e. The van der Waals surface area contributed by atoms with Crippen molar-refractivity contribution in [2.45, 2.75) is 38.6 Å². The molecule has 2 unspecified atom stereocenters. The van der Waals surface area contributed by atoms with Crippen LogP contribution in [0.25, 0.3) is 0 Å². The molecule has 1 aliphatic rings. The number of amides is 1. The molecule has 2 atom stereocenters. The topological polar surface area (TPSA) is 68.0 Å². The molecule has 1 amide bonds. The molecule has 0 aromatic carbocycles. The third-order valence-electron chi connectivity index (χ3n) is 3.48. The predicted octanol–water partition coefficient (Wildman–Crippen LogP) is 1.70. The fourth-order valence-electron chi connectivity index (χ4n) is 2.43. The summed E-state index contributed by atoms with van der Waals surface area (Å²) in [4.78, 5) is 16.9. The summed E-state index contributed by atoms with van der Waals surface area (Å²) in [5, 5.41) is 3.11. The molecule has 0 aliphatic heterocycles. The van der Waals surface area contributed by atoms with Gasteiger partial charge in [-0.3, -0.25) is 4.79 Å². The van der Waals surface area contributed by atoms with E-state index < -0.39 is 0 Å². The number of carbonyl (C=O) groups is 1. The Bertz CT molecular complexity index is 391. The molecule has 2 rings (SSSR count). The third kappa shape index (κ3) is 2.84. The van der Waals surface area contributed by atoms with Gasteiger partial charge in [0.2, 0.25) is 0 Å². The van der Waals surface area contributed by atoms with Crippen LogP contribution >= 0.6 is 11.3 Å². The average molecular weight is 253 g/mol. The van der Waals surface area contributed by atoms with Crippen LogP contribution in [-0.4, -0.2) is 23.5 Å². The highest BCUT2D eigenvalue weighted by molar-refractivity contribution is 7.11. The van der Waals surface area contributed by atoms with Crippen LogP contribution in [0.5, 0.6) is 0 Å². The number of hydrogen-bond donors (Lipinski definition) is 2. The van der Waals surface area contributed by atoms with Crippen LogP contribution in [0.1, 0.15) is 41.0 Å². The molecule has 1 aliphatic carbocycles. The fourth-order valence-corrected chi connectivity index (χ4v) is 3.14. The maximum atomic E-state index is 12.1. The highest BCUT2D eigenvalue weighted by atomic mass is 32.1. The van der Waals surface area contributed by atoms with E-state index in [1.807, 2.05) is 6.92 Å². The fraction of sp³-hybridized carbons (Fsp3) is 0.667. The number of nitrogens with one attached hydrogen (secondary N) is 1. The normalized spacial score (nSPS) is 24.6. The molecular formula is C12H19N3OS. The first-order valence-corrected chi connectivity index (χ1v) is 7.01. The maximum absolute atomic E-state index is 12.1. The molecule has 1 saturated carbocycles. The predicted molar refractivity (Wildman–Crippen MR) is 69.1 cm³/mol. The van der Waals surface area contributed by atoms with Crippen molar-refractivity contribution in [2.24, 2.45) is 11.7 Å². The van der Waals surface area contributed by atoms with Crippen molar-refractivity contribution in [1.82, 2.24) is 10.3 Å². The summed E-state index contributed by atoms with van der Waals surface area (Å²) in [5.41, 5.74) is 8.28. The molecular weight excluding hydrogens is 234 g/mol. The van der Waals surface area contributed by atoms with E-state index in [0.717, 1.165) is 23.4 Å². The number of nitrogens with two attached hydrogens (primary N) is 1. The first kappa shape index (κ1) is 12.5. The molecule has 4 nitrogen and oxygen atoms in total. The standard InChI is InChI=1S/C12H19N3OS/c1-8-11(17-7-14-8)12(16)15-10-5-3-2-4-9(10)6-13/h7,9-10H,2-6,13H2,1H3,(H,15,16). The summed E-state index contributed by atoms with van der Waals surface area (Å²) in [7, 11) is 0. The van der Waals surface area contributed by atoms with Gasteiger partial charge in [0.1, 0.15) is 4.88 Å². The van der Waals surface area contributed by atoms with E-state index >= 15 is 0 Å². The Hall–Kier alpha value is -0.940. The van der Waals surface area contributed by atoms with Crippen molar-refractivity contribution < 1.29 is 4.79 Å². The van der Waals surface area contributed by atoms with Gasteiger partial charge in [-0.05, 0) is 32.2 Å². The number of rotatable bonds is 3. The zero-order chi connectivity index (χ0) is 12.3. The van der Waals surface area contributed by atoms with Gasteiger partial charge >= 0.3 is 0 Å². The van der Waals surface area contributed by atoms with Gasteiger partial charge in [-0.25, -0.2) is 4.98 Å². The van der Waals surface area contributed by atoms with Crippen LogP contribution in [-0.2, 0) is 0 Å². The summed E-state index contributed by atoms with van der Waals surface area (Å²) in [6, 6.07) is 0.239. The van der Waals surface area contributed by atoms with E-state index in [2.05, 4.69) is 10.3 Å². The van der Waals surface area contributed by atoms with Crippen molar-refractivity contribution >= 4 is 17.2 Å². The number of aromatic nitrogens is 1. The minimum atomic E-state index is 0.00958. The maximum Gasteiger partial charge on any atom is 0.263 e. The molecule has 5 heteroatoms. The molecule has 0 spiro atoms. The van der Waals surface area contributed by atoms with Crippen molar-refractivity contribution in [1.29, 1.82) is 0 Å². The number of aryl methyl sites for hydroxylation is 1. The summed E-state index contributed by atoms with van der Waals surface area (Å²) in [6.45, 7) is 2.53. The second kappa shape index (κ2) is 5.60. The monoisotopic (exact) mass is 253 g/mol. The van der Waals surface area contributed by atoms with Gasteiger partial charge < -0.3 is 11.1 Å². The Morgan fingerprint density at radius 3 is 3.00 bits per heavy atom. The van der Waals surface area contributed by atoms with E-state index in [1.54, 1.807) is 5.51 Å². The minimum absolute atomic E-state index is 0.00958. The van der Waals surface area contributed by atoms with Crippen LogP contribution < -0.4 is 11.1 Å². The zero-order valence-electron chi connectivity index (χ0n) is 10.1. The molecule has 17 heavy (non-hydrogen) atoms. The molecule has 3 N–H and O–H groups in total. The smallest absolute Gasteiger partial charge is 0.263 e. The third-order valence-corrected chi connectivity index (χ3v) is 4.41. The molecule has 1 aromatic heterocycles. The number of hydrogen-bond acceptors (Lipinski definition) is 4. The zero-order valence-corrected chi connectivity index (χ0v) is 10.9. The molecule has 1 fully saturated rings. The summed E-state index contributed by atoms with van der Waals surface area (Å²) >= 11 is 1.40. The Morgan fingerprint density at radius 1 is 1.59 bits per heavy atom. The highest BCUT2D eigenvalue weighted by Gasteiger charge is 2.26. The van der Waals surface area contributed by atoms with Crippen LogP contribution in [0.2, 0.25) is 0 Å². The van der Waals surface area contributed by atoms with Crippen molar-refractivity contribution in [3.05, 3.63) is 16.1 Å². The Kier molecular flexibility index (Phi) is 4.12. The Balaban J connectivity index is 2.00. The lowest BCUT2D eigenvalue weighted by molar-refractivity contribution is 0.0911. The largest absolute Gasteiger partial charge is 0.348 e. The van der Waals surface area contributed by atoms with E-state index in [9.17, 15) is 4.79 Å². The molecule has 94 valence electrons. The SMILES string of the molecule is Cc1ncsc1C(=O)NC1CCCCC1CN. The second-order valence-electron chi connectivity index (χ2n) is 4.63. The molecule has 1 aromatic rings. The lowest BCUT2D eigenvalue weighted by Crippen LogP contribution is -2.44. The van der Waals surface area contributed by atoms with Gasteiger partial charge in [0.05, 0.1) is 11.2 Å². The van der Waals surface area contributed by atoms with E-state index in [4.69, 9.17) is 5.73 Å². The van der Waals surface area contributed by atoms with E-state index in [-0.39, 0.29) is 11.9 Å². The van der Waals surface area contributed by atoms with Gasteiger partial charge in [0, 0.05) is 6.04 Å². The quantitative estimate of drug-likeness (QED) is 0.861. The Morgan fingerprint density at radius 2 is 2.35 bits per heavy atom. The second-order valence-corrected chi connectivity index (χ2v) is 5.48. The molecule has 0 saturated heterocycles. The summed E-state index contributed by atoms with van der Waals surface area (Å²) < 4.78 is 0. The van der Waals surface area contributed by atoms with Crippen LogP contribution in [0.3, 0.4) is 0 Å². The molecule has 0 radical (unpaired) electrons. The van der Waals surface area contributed by atoms with E-state index in [0.29, 0.717) is 12.5 Å². The van der Waals surface area contributed by atoms with Crippen molar-refractivity contribution in [3.63, 3.8) is 0 Å². The van der Waals surface area contributed by atoms with Gasteiger partial charge in [-0.2, -0.15) is 0 Å². The van der Waals surface area contributed by atoms with Crippen LogP contribution in [0, 0.1) is 12.8 Å². The Labute approximate surface area is 106 Å².